The van der Waals surface area contributed by atoms with Gasteiger partial charge >= 0.3 is 0 Å². The molecule has 4 saturated carbocycles. The topological polar surface area (TPSA) is 21.3 Å². The van der Waals surface area contributed by atoms with Crippen molar-refractivity contribution < 1.29 is 4.74 Å². The molecule has 160 valence electrons. The average molecular weight is 444 g/mol. The fraction of sp³-hybridized carbons (Fsp3) is 0.538. The van der Waals surface area contributed by atoms with Gasteiger partial charge in [-0.1, -0.05) is 41.4 Å². The Kier molecular flexibility index (Phi) is 5.77. The molecule has 4 aliphatic carbocycles. The SMILES string of the molecule is C[C@H](NCc1ccc(OCc2c(Cl)cccc2Cl)cc1)C12CC3CC(CC(C3)C1)C2. The first-order valence-electron chi connectivity index (χ1n) is 11.4. The van der Waals surface area contributed by atoms with Crippen molar-refractivity contribution in [1.29, 1.82) is 0 Å². The van der Waals surface area contributed by atoms with Gasteiger partial charge in [-0.05, 0) is 98.4 Å². The molecule has 4 aliphatic rings. The number of nitrogens with one attached hydrogen (secondary N) is 1. The van der Waals surface area contributed by atoms with Crippen molar-refractivity contribution in [3.05, 3.63) is 63.6 Å². The molecular formula is C26H31Cl2NO. The van der Waals surface area contributed by atoms with E-state index in [2.05, 4.69) is 24.4 Å². The summed E-state index contributed by atoms with van der Waals surface area (Å²) in [5, 5.41) is 5.15. The van der Waals surface area contributed by atoms with Crippen molar-refractivity contribution in [1.82, 2.24) is 5.32 Å². The molecule has 1 atom stereocenters. The highest BCUT2D eigenvalue weighted by Gasteiger charge is 2.52. The number of rotatable bonds is 7. The summed E-state index contributed by atoms with van der Waals surface area (Å²) in [4.78, 5) is 0. The molecule has 0 unspecified atom stereocenters. The quantitative estimate of drug-likeness (QED) is 0.485. The highest BCUT2D eigenvalue weighted by molar-refractivity contribution is 6.35. The first kappa shape index (κ1) is 20.7. The van der Waals surface area contributed by atoms with E-state index >= 15 is 0 Å². The van der Waals surface area contributed by atoms with Crippen molar-refractivity contribution >= 4 is 23.2 Å². The van der Waals surface area contributed by atoms with Gasteiger partial charge in [0, 0.05) is 28.2 Å². The summed E-state index contributed by atoms with van der Waals surface area (Å²) >= 11 is 12.5. The molecule has 2 nitrogen and oxygen atoms in total. The minimum Gasteiger partial charge on any atom is -0.489 e. The Hall–Kier alpha value is -1.22. The van der Waals surface area contributed by atoms with Crippen molar-refractivity contribution in [3.63, 3.8) is 0 Å². The highest BCUT2D eigenvalue weighted by Crippen LogP contribution is 2.61. The van der Waals surface area contributed by atoms with Crippen LogP contribution in [0.4, 0.5) is 0 Å². The molecule has 1 N–H and O–H groups in total. The van der Waals surface area contributed by atoms with Gasteiger partial charge in [-0.3, -0.25) is 0 Å². The average Bonchev–Trinajstić information content (AvgIpc) is 2.71. The Balaban J connectivity index is 1.16. The van der Waals surface area contributed by atoms with E-state index in [1.807, 2.05) is 30.3 Å². The Morgan fingerprint density at radius 3 is 2.07 bits per heavy atom. The van der Waals surface area contributed by atoms with Crippen LogP contribution in [0.3, 0.4) is 0 Å². The molecule has 0 aromatic heterocycles. The minimum atomic E-state index is 0.374. The molecule has 0 saturated heterocycles. The zero-order valence-electron chi connectivity index (χ0n) is 17.7. The van der Waals surface area contributed by atoms with Gasteiger partial charge < -0.3 is 10.1 Å². The second kappa shape index (κ2) is 8.37. The molecule has 0 aliphatic heterocycles. The van der Waals surface area contributed by atoms with Gasteiger partial charge in [0.2, 0.25) is 0 Å². The molecule has 4 heteroatoms. The lowest BCUT2D eigenvalue weighted by atomic mass is 9.48. The van der Waals surface area contributed by atoms with Gasteiger partial charge in [-0.25, -0.2) is 0 Å². The monoisotopic (exact) mass is 443 g/mol. The molecule has 0 heterocycles. The maximum atomic E-state index is 6.23. The van der Waals surface area contributed by atoms with E-state index < -0.39 is 0 Å². The van der Waals surface area contributed by atoms with Gasteiger partial charge in [-0.2, -0.15) is 0 Å². The minimum absolute atomic E-state index is 0.374. The molecule has 0 radical (unpaired) electrons. The Bertz CT molecular complexity index is 839. The zero-order chi connectivity index (χ0) is 20.7. The summed E-state index contributed by atoms with van der Waals surface area (Å²) in [7, 11) is 0. The summed E-state index contributed by atoms with van der Waals surface area (Å²) in [5.41, 5.74) is 2.68. The third kappa shape index (κ3) is 4.11. The van der Waals surface area contributed by atoms with E-state index in [-0.39, 0.29) is 0 Å². The number of hydrogen-bond donors (Lipinski definition) is 1. The molecule has 0 spiro atoms. The first-order chi connectivity index (χ1) is 14.5. The van der Waals surface area contributed by atoms with Crippen LogP contribution in [-0.2, 0) is 13.2 Å². The second-order valence-electron chi connectivity index (χ2n) is 10.0. The molecule has 6 rings (SSSR count). The standard InChI is InChI=1S/C26H31Cl2NO/c1-17(26-12-19-9-20(13-26)11-21(10-19)14-26)29-15-18-5-7-22(8-6-18)30-16-23-24(27)3-2-4-25(23)28/h2-8,17,19-21,29H,9-16H2,1H3/t17-,19?,20?,21?,26?/m0/s1. The van der Waals surface area contributed by atoms with E-state index in [0.29, 0.717) is 28.1 Å². The van der Waals surface area contributed by atoms with Gasteiger partial charge in [-0.15, -0.1) is 0 Å². The normalized spacial score (nSPS) is 30.4. The highest BCUT2D eigenvalue weighted by atomic mass is 35.5. The molecule has 0 amide bonds. The maximum absolute atomic E-state index is 6.23. The lowest BCUT2D eigenvalue weighted by Gasteiger charge is -2.59. The van der Waals surface area contributed by atoms with E-state index in [0.717, 1.165) is 35.6 Å². The van der Waals surface area contributed by atoms with Gasteiger partial charge in [0.15, 0.2) is 0 Å². The molecular weight excluding hydrogens is 413 g/mol. The van der Waals surface area contributed by atoms with Crippen molar-refractivity contribution in [2.24, 2.45) is 23.2 Å². The summed E-state index contributed by atoms with van der Waals surface area (Å²) in [6.45, 7) is 3.72. The van der Waals surface area contributed by atoms with Crippen LogP contribution in [0.25, 0.3) is 0 Å². The molecule has 2 aromatic carbocycles. The summed E-state index contributed by atoms with van der Waals surface area (Å²) in [5.74, 6) is 3.85. The van der Waals surface area contributed by atoms with Crippen molar-refractivity contribution in [3.8, 4) is 5.75 Å². The van der Waals surface area contributed by atoms with Crippen LogP contribution in [0, 0.1) is 23.2 Å². The molecule has 2 aromatic rings. The third-order valence-electron chi connectivity index (χ3n) is 7.98. The lowest BCUT2D eigenvalue weighted by Crippen LogP contribution is -2.54. The number of benzene rings is 2. The molecule has 4 fully saturated rings. The van der Waals surface area contributed by atoms with Crippen molar-refractivity contribution in [2.75, 3.05) is 0 Å². The lowest BCUT2D eigenvalue weighted by molar-refractivity contribution is -0.0706. The third-order valence-corrected chi connectivity index (χ3v) is 8.69. The van der Waals surface area contributed by atoms with Crippen LogP contribution < -0.4 is 10.1 Å². The van der Waals surface area contributed by atoms with Gasteiger partial charge in [0.1, 0.15) is 12.4 Å². The van der Waals surface area contributed by atoms with E-state index in [1.54, 1.807) is 0 Å². The number of halogens is 2. The summed E-state index contributed by atoms with van der Waals surface area (Å²) in [6, 6.07) is 14.5. The zero-order valence-corrected chi connectivity index (χ0v) is 19.2. The van der Waals surface area contributed by atoms with E-state index in [4.69, 9.17) is 27.9 Å². The smallest absolute Gasteiger partial charge is 0.119 e. The first-order valence-corrected chi connectivity index (χ1v) is 12.1. The van der Waals surface area contributed by atoms with Crippen LogP contribution in [0.5, 0.6) is 5.75 Å². The van der Waals surface area contributed by atoms with Crippen LogP contribution in [0.1, 0.15) is 56.6 Å². The fourth-order valence-electron chi connectivity index (χ4n) is 6.72. The second-order valence-corrected chi connectivity index (χ2v) is 10.8. The summed E-state index contributed by atoms with van der Waals surface area (Å²) < 4.78 is 5.91. The fourth-order valence-corrected chi connectivity index (χ4v) is 7.23. The predicted octanol–water partition coefficient (Wildman–Crippen LogP) is 7.27. The number of hydrogen-bond acceptors (Lipinski definition) is 2. The van der Waals surface area contributed by atoms with Crippen LogP contribution in [-0.4, -0.2) is 6.04 Å². The Morgan fingerprint density at radius 2 is 1.50 bits per heavy atom. The molecule has 4 bridgehead atoms. The summed E-state index contributed by atoms with van der Waals surface area (Å²) in [6.07, 6.45) is 8.87. The van der Waals surface area contributed by atoms with Gasteiger partial charge in [0.25, 0.3) is 0 Å². The molecule has 30 heavy (non-hydrogen) atoms. The van der Waals surface area contributed by atoms with E-state index in [9.17, 15) is 0 Å². The number of ether oxygens (including phenoxy) is 1. The van der Waals surface area contributed by atoms with Crippen LogP contribution >= 0.6 is 23.2 Å². The van der Waals surface area contributed by atoms with E-state index in [1.165, 1.54) is 44.1 Å². The van der Waals surface area contributed by atoms with Gasteiger partial charge in [0.05, 0.1) is 0 Å². The Labute approximate surface area is 190 Å². The largest absolute Gasteiger partial charge is 0.489 e. The Morgan fingerprint density at radius 1 is 0.933 bits per heavy atom. The van der Waals surface area contributed by atoms with Crippen LogP contribution in [0.15, 0.2) is 42.5 Å². The van der Waals surface area contributed by atoms with Crippen LogP contribution in [0.2, 0.25) is 10.0 Å². The van der Waals surface area contributed by atoms with Crippen molar-refractivity contribution in [2.45, 2.75) is 64.6 Å². The maximum Gasteiger partial charge on any atom is 0.119 e. The predicted molar refractivity (Wildman–Crippen MR) is 124 cm³/mol.